The zero-order valence-electron chi connectivity index (χ0n) is 12.0. The van der Waals surface area contributed by atoms with E-state index in [1.807, 2.05) is 42.6 Å². The van der Waals surface area contributed by atoms with Crippen LogP contribution in [0.15, 0.2) is 30.6 Å². The van der Waals surface area contributed by atoms with E-state index in [4.69, 9.17) is 0 Å². The number of fused-ring (bicyclic) bond motifs is 1. The zero-order valence-corrected chi connectivity index (χ0v) is 12.8. The largest absolute Gasteiger partial charge is 0.351 e. The highest BCUT2D eigenvalue weighted by molar-refractivity contribution is 7.18. The van der Waals surface area contributed by atoms with Crippen LogP contribution in [-0.4, -0.2) is 24.5 Å². The van der Waals surface area contributed by atoms with Crippen molar-refractivity contribution in [1.29, 1.82) is 0 Å². The van der Waals surface area contributed by atoms with E-state index in [9.17, 15) is 10.1 Å². The number of nitro groups is 1. The molecule has 0 spiro atoms. The summed E-state index contributed by atoms with van der Waals surface area (Å²) in [5.41, 5.74) is 0.759. The molecule has 3 aromatic rings. The van der Waals surface area contributed by atoms with Gasteiger partial charge in [-0.05, 0) is 29.4 Å². The Morgan fingerprint density at radius 2 is 2.18 bits per heavy atom. The van der Waals surface area contributed by atoms with Gasteiger partial charge in [-0.25, -0.2) is 4.98 Å². The van der Waals surface area contributed by atoms with Gasteiger partial charge in [0.05, 0.1) is 11.0 Å². The molecule has 0 bridgehead atoms. The minimum absolute atomic E-state index is 0.0103. The second kappa shape index (κ2) is 5.68. The fourth-order valence-corrected chi connectivity index (χ4v) is 2.82. The molecule has 0 saturated heterocycles. The second-order valence-electron chi connectivity index (χ2n) is 5.11. The Hall–Kier alpha value is -2.55. The Morgan fingerprint density at radius 3 is 2.86 bits per heavy atom. The minimum atomic E-state index is -0.445. The quantitative estimate of drug-likeness (QED) is 0.573. The van der Waals surface area contributed by atoms with Crippen LogP contribution in [0.2, 0.25) is 0 Å². The number of hydrogen-bond acceptors (Lipinski definition) is 7. The van der Waals surface area contributed by atoms with Crippen molar-refractivity contribution in [2.75, 3.05) is 5.32 Å². The summed E-state index contributed by atoms with van der Waals surface area (Å²) in [7, 11) is 0. The summed E-state index contributed by atoms with van der Waals surface area (Å²) in [6.07, 6.45) is 3.15. The Balaban J connectivity index is 1.94. The van der Waals surface area contributed by atoms with Crippen LogP contribution < -0.4 is 5.32 Å². The van der Waals surface area contributed by atoms with Gasteiger partial charge in [0, 0.05) is 6.20 Å². The lowest BCUT2D eigenvalue weighted by atomic mass is 10.0. The summed E-state index contributed by atoms with van der Waals surface area (Å²) in [4.78, 5) is 14.4. The number of anilines is 1. The molecule has 114 valence electrons. The van der Waals surface area contributed by atoms with Crippen LogP contribution in [-0.2, 0) is 0 Å². The van der Waals surface area contributed by atoms with E-state index in [1.54, 1.807) is 0 Å². The van der Waals surface area contributed by atoms with E-state index in [-0.39, 0.29) is 17.0 Å². The maximum Gasteiger partial charge on any atom is 0.345 e. The molecule has 9 heteroatoms. The fourth-order valence-electron chi connectivity index (χ4n) is 2.15. The van der Waals surface area contributed by atoms with Gasteiger partial charge in [0.2, 0.25) is 0 Å². The molecule has 0 radical (unpaired) electrons. The van der Waals surface area contributed by atoms with Gasteiger partial charge in [0.15, 0.2) is 16.6 Å². The summed E-state index contributed by atoms with van der Waals surface area (Å²) in [6, 6.07) is 5.53. The van der Waals surface area contributed by atoms with Crippen LogP contribution in [0.3, 0.4) is 0 Å². The Kier molecular flexibility index (Phi) is 3.72. The fraction of sp³-hybridized carbons (Fsp3) is 0.308. The first kappa shape index (κ1) is 14.4. The Morgan fingerprint density at radius 1 is 1.36 bits per heavy atom. The van der Waals surface area contributed by atoms with E-state index in [1.165, 1.54) is 6.20 Å². The number of pyridine rings is 1. The van der Waals surface area contributed by atoms with Crippen molar-refractivity contribution in [2.45, 2.75) is 19.9 Å². The third kappa shape index (κ3) is 2.62. The molecule has 0 aliphatic carbocycles. The Labute approximate surface area is 130 Å². The molecule has 0 aliphatic heterocycles. The van der Waals surface area contributed by atoms with Crippen molar-refractivity contribution < 1.29 is 4.92 Å². The maximum absolute atomic E-state index is 10.8. The highest BCUT2D eigenvalue weighted by Gasteiger charge is 2.23. The van der Waals surface area contributed by atoms with Gasteiger partial charge in [-0.2, -0.15) is 0 Å². The van der Waals surface area contributed by atoms with Gasteiger partial charge >= 0.3 is 5.00 Å². The predicted molar refractivity (Wildman–Crippen MR) is 83.0 cm³/mol. The number of hydrogen-bond donors (Lipinski definition) is 1. The van der Waals surface area contributed by atoms with Crippen molar-refractivity contribution in [2.24, 2.45) is 5.92 Å². The minimum Gasteiger partial charge on any atom is -0.351 e. The molecule has 3 aromatic heterocycles. The van der Waals surface area contributed by atoms with Gasteiger partial charge in [0.25, 0.3) is 0 Å². The van der Waals surface area contributed by atoms with E-state index >= 15 is 0 Å². The normalized spacial score (nSPS) is 12.7. The number of thiazole rings is 1. The zero-order chi connectivity index (χ0) is 15.7. The van der Waals surface area contributed by atoms with Gasteiger partial charge in [-0.15, -0.1) is 10.2 Å². The summed E-state index contributed by atoms with van der Waals surface area (Å²) in [5, 5.41) is 22.9. The van der Waals surface area contributed by atoms with E-state index < -0.39 is 4.92 Å². The lowest BCUT2D eigenvalue weighted by Crippen LogP contribution is -2.19. The van der Waals surface area contributed by atoms with E-state index in [0.717, 1.165) is 22.8 Å². The second-order valence-corrected chi connectivity index (χ2v) is 6.12. The number of aromatic nitrogens is 4. The van der Waals surface area contributed by atoms with Crippen molar-refractivity contribution >= 4 is 27.1 Å². The van der Waals surface area contributed by atoms with Crippen molar-refractivity contribution in [3.8, 4) is 0 Å². The summed E-state index contributed by atoms with van der Waals surface area (Å²) in [6.45, 7) is 4.09. The average Bonchev–Trinajstić information content (AvgIpc) is 3.11. The third-order valence-corrected chi connectivity index (χ3v) is 4.12. The van der Waals surface area contributed by atoms with Crippen LogP contribution in [0.1, 0.15) is 25.7 Å². The van der Waals surface area contributed by atoms with Crippen LogP contribution >= 0.6 is 11.3 Å². The van der Waals surface area contributed by atoms with Crippen molar-refractivity contribution in [3.05, 3.63) is 46.5 Å². The molecule has 3 rings (SSSR count). The molecule has 0 unspecified atom stereocenters. The van der Waals surface area contributed by atoms with E-state index in [0.29, 0.717) is 5.13 Å². The molecule has 22 heavy (non-hydrogen) atoms. The number of nitrogens with one attached hydrogen (secondary N) is 1. The molecule has 8 nitrogen and oxygen atoms in total. The monoisotopic (exact) mass is 318 g/mol. The standard InChI is InChI=1S/C13H14N6O2S/c1-8(2)11(15-13-14-7-10(22-13)19(20)21)12-17-16-9-5-3-4-6-18(9)12/h3-8,11H,1-2H3,(H,14,15)/t11-/m0/s1. The molecule has 3 heterocycles. The van der Waals surface area contributed by atoms with E-state index in [2.05, 4.69) is 20.5 Å². The van der Waals surface area contributed by atoms with Crippen LogP contribution in [0.25, 0.3) is 5.65 Å². The first-order valence-electron chi connectivity index (χ1n) is 6.72. The highest BCUT2D eigenvalue weighted by atomic mass is 32.1. The average molecular weight is 318 g/mol. The van der Waals surface area contributed by atoms with Crippen LogP contribution in [0, 0.1) is 16.0 Å². The lowest BCUT2D eigenvalue weighted by Gasteiger charge is -2.20. The number of nitrogens with zero attached hydrogens (tertiary/aromatic N) is 5. The first-order chi connectivity index (χ1) is 10.6. The summed E-state index contributed by atoms with van der Waals surface area (Å²) < 4.78 is 1.90. The topological polar surface area (TPSA) is 98.2 Å². The Bertz CT molecular complexity index is 812. The third-order valence-electron chi connectivity index (χ3n) is 3.24. The maximum atomic E-state index is 10.8. The SMILES string of the molecule is CC(C)[C@H](Nc1ncc([N+](=O)[O-])s1)c1nnc2ccccn12. The summed E-state index contributed by atoms with van der Waals surface area (Å²) >= 11 is 1.01. The van der Waals surface area contributed by atoms with Crippen molar-refractivity contribution in [3.63, 3.8) is 0 Å². The molecule has 0 amide bonds. The van der Waals surface area contributed by atoms with Gasteiger partial charge in [-0.3, -0.25) is 14.5 Å². The van der Waals surface area contributed by atoms with Crippen LogP contribution in [0.5, 0.6) is 0 Å². The predicted octanol–water partition coefficient (Wildman–Crippen LogP) is 2.90. The molecule has 0 aliphatic rings. The molecule has 0 saturated carbocycles. The van der Waals surface area contributed by atoms with Crippen molar-refractivity contribution in [1.82, 2.24) is 19.6 Å². The molecular formula is C13H14N6O2S. The molecule has 0 fully saturated rings. The van der Waals surface area contributed by atoms with Crippen LogP contribution in [0.4, 0.5) is 10.1 Å². The molecule has 0 aromatic carbocycles. The smallest absolute Gasteiger partial charge is 0.345 e. The first-order valence-corrected chi connectivity index (χ1v) is 7.54. The summed E-state index contributed by atoms with van der Waals surface area (Å²) in [5.74, 6) is 0.957. The molecule has 1 atom stereocenters. The lowest BCUT2D eigenvalue weighted by molar-refractivity contribution is -0.380. The highest BCUT2D eigenvalue weighted by Crippen LogP contribution is 2.31. The molecular weight excluding hydrogens is 304 g/mol. The van der Waals surface area contributed by atoms with Gasteiger partial charge in [0.1, 0.15) is 6.20 Å². The number of rotatable bonds is 5. The van der Waals surface area contributed by atoms with Gasteiger partial charge < -0.3 is 5.32 Å². The molecule has 1 N–H and O–H groups in total. The van der Waals surface area contributed by atoms with Gasteiger partial charge in [-0.1, -0.05) is 19.9 Å².